The molecule has 0 aromatic heterocycles. The number of anilines is 1. The van der Waals surface area contributed by atoms with Gasteiger partial charge in [0, 0.05) is 10.6 Å². The van der Waals surface area contributed by atoms with Gasteiger partial charge < -0.3 is 10.1 Å². The number of hydrogen-bond acceptors (Lipinski definition) is 4. The molecule has 4 nitrogen and oxygen atoms in total. The Morgan fingerprint density at radius 3 is 2.52 bits per heavy atom. The van der Waals surface area contributed by atoms with E-state index in [2.05, 4.69) is 5.32 Å². The van der Waals surface area contributed by atoms with Crippen LogP contribution in [0.4, 0.5) is 5.69 Å². The number of rotatable bonds is 5. The zero-order valence-corrected chi connectivity index (χ0v) is 16.2. The summed E-state index contributed by atoms with van der Waals surface area (Å²) in [4.78, 5) is 24.3. The van der Waals surface area contributed by atoms with Crippen molar-refractivity contribution >= 4 is 64.1 Å². The third kappa shape index (κ3) is 5.82. The maximum Gasteiger partial charge on any atom is 0.337 e. The molecule has 0 spiro atoms. The highest BCUT2D eigenvalue weighted by Crippen LogP contribution is 2.33. The summed E-state index contributed by atoms with van der Waals surface area (Å²) >= 11 is 18.2. The first-order valence-corrected chi connectivity index (χ1v) is 9.20. The van der Waals surface area contributed by atoms with Crippen molar-refractivity contribution in [1.29, 1.82) is 0 Å². The van der Waals surface area contributed by atoms with Crippen molar-refractivity contribution in [2.45, 2.75) is 14.4 Å². The van der Waals surface area contributed by atoms with Crippen LogP contribution >= 0.6 is 46.6 Å². The molecule has 0 aliphatic heterocycles. The van der Waals surface area contributed by atoms with Crippen LogP contribution in [0.25, 0.3) is 0 Å². The minimum Gasteiger partial charge on any atom is -0.465 e. The van der Waals surface area contributed by atoms with Gasteiger partial charge in [0.25, 0.3) is 9.70 Å². The zero-order valence-electron chi connectivity index (χ0n) is 13.1. The smallest absolute Gasteiger partial charge is 0.337 e. The van der Waals surface area contributed by atoms with Crippen LogP contribution in [-0.4, -0.2) is 22.8 Å². The zero-order chi connectivity index (χ0) is 18.4. The summed E-state index contributed by atoms with van der Waals surface area (Å²) in [6.45, 7) is 0. The number of ether oxygens (including phenoxy) is 1. The number of amides is 1. The summed E-state index contributed by atoms with van der Waals surface area (Å²) < 4.78 is 2.68. The lowest BCUT2D eigenvalue weighted by Crippen LogP contribution is -2.27. The van der Waals surface area contributed by atoms with Gasteiger partial charge in [-0.05, 0) is 29.8 Å². The predicted octanol–water partition coefficient (Wildman–Crippen LogP) is 5.07. The van der Waals surface area contributed by atoms with Gasteiger partial charge in [-0.15, -0.1) is 11.8 Å². The van der Waals surface area contributed by atoms with E-state index in [1.807, 2.05) is 18.2 Å². The molecule has 2 rings (SSSR count). The van der Waals surface area contributed by atoms with Crippen LogP contribution in [0.1, 0.15) is 15.9 Å². The van der Waals surface area contributed by atoms with E-state index in [1.54, 1.807) is 30.3 Å². The van der Waals surface area contributed by atoms with Gasteiger partial charge >= 0.3 is 5.97 Å². The molecule has 0 heterocycles. The monoisotopic (exact) mass is 417 g/mol. The number of alkyl halides is 3. The second-order valence-corrected chi connectivity index (χ2v) is 8.23. The molecule has 8 heteroatoms. The lowest BCUT2D eigenvalue weighted by atomic mass is 10.1. The molecular formula is C17H14Cl3NO3S. The average molecular weight is 419 g/mol. The minimum atomic E-state index is -2.04. The van der Waals surface area contributed by atoms with Gasteiger partial charge in [0.1, 0.15) is 0 Å². The highest BCUT2D eigenvalue weighted by molar-refractivity contribution is 7.98. The summed E-state index contributed by atoms with van der Waals surface area (Å²) in [5.41, 5.74) is 1.97. The van der Waals surface area contributed by atoms with Crippen molar-refractivity contribution in [3.8, 4) is 0 Å². The summed E-state index contributed by atoms with van der Waals surface area (Å²) in [6, 6.07) is 14.3. The van der Waals surface area contributed by atoms with Crippen LogP contribution in [0.5, 0.6) is 0 Å². The molecule has 0 atom stereocenters. The standard InChI is InChI=1S/C17H14Cl3NO3S/c1-24-15(22)12-6-4-5-11(9-12)10-25-14-8-3-2-7-13(14)21-16(23)17(18,19)20/h2-9H,10H2,1H3,(H,21,23). The quantitative estimate of drug-likeness (QED) is 0.418. The van der Waals surface area contributed by atoms with Crippen molar-refractivity contribution in [2.24, 2.45) is 0 Å². The SMILES string of the molecule is COC(=O)c1cccc(CSc2ccccc2NC(=O)C(Cl)(Cl)Cl)c1. The molecule has 0 radical (unpaired) electrons. The number of hydrogen-bond donors (Lipinski definition) is 1. The van der Waals surface area contributed by atoms with E-state index in [0.29, 0.717) is 17.0 Å². The Kier molecular flexibility index (Phi) is 7.02. The Balaban J connectivity index is 2.11. The lowest BCUT2D eigenvalue weighted by Gasteiger charge is -2.14. The molecule has 0 aliphatic carbocycles. The van der Waals surface area contributed by atoms with Crippen LogP contribution in [0, 0.1) is 0 Å². The summed E-state index contributed by atoms with van der Waals surface area (Å²) in [7, 11) is 1.34. The third-order valence-corrected chi connectivity index (χ3v) is 4.79. The van der Waals surface area contributed by atoms with E-state index in [4.69, 9.17) is 39.5 Å². The largest absolute Gasteiger partial charge is 0.465 e. The highest BCUT2D eigenvalue weighted by atomic mass is 35.6. The Hall–Kier alpha value is -1.40. The molecule has 25 heavy (non-hydrogen) atoms. The fourth-order valence-electron chi connectivity index (χ4n) is 1.96. The Bertz CT molecular complexity index is 778. The number of carbonyl (C=O) groups is 2. The number of benzene rings is 2. The number of carbonyl (C=O) groups excluding carboxylic acids is 2. The molecule has 1 N–H and O–H groups in total. The number of nitrogens with one attached hydrogen (secondary N) is 1. The van der Waals surface area contributed by atoms with Crippen molar-refractivity contribution < 1.29 is 14.3 Å². The Morgan fingerprint density at radius 1 is 1.12 bits per heavy atom. The molecule has 1 amide bonds. The van der Waals surface area contributed by atoms with Crippen LogP contribution in [-0.2, 0) is 15.3 Å². The van der Waals surface area contributed by atoms with Gasteiger partial charge in [0.05, 0.1) is 18.4 Å². The van der Waals surface area contributed by atoms with E-state index in [1.165, 1.54) is 18.9 Å². The lowest BCUT2D eigenvalue weighted by molar-refractivity contribution is -0.115. The van der Waals surface area contributed by atoms with Gasteiger partial charge in [-0.3, -0.25) is 4.79 Å². The molecule has 0 bridgehead atoms. The maximum atomic E-state index is 11.8. The van der Waals surface area contributed by atoms with E-state index in [9.17, 15) is 9.59 Å². The summed E-state index contributed by atoms with van der Waals surface area (Å²) in [5, 5.41) is 2.60. The Morgan fingerprint density at radius 2 is 1.84 bits per heavy atom. The fraction of sp³-hybridized carbons (Fsp3) is 0.176. The number of methoxy groups -OCH3 is 1. The highest BCUT2D eigenvalue weighted by Gasteiger charge is 2.31. The van der Waals surface area contributed by atoms with Crippen molar-refractivity contribution in [1.82, 2.24) is 0 Å². The van der Waals surface area contributed by atoms with E-state index in [0.717, 1.165) is 10.5 Å². The first-order valence-electron chi connectivity index (χ1n) is 7.08. The summed E-state index contributed by atoms with van der Waals surface area (Å²) in [6.07, 6.45) is 0. The summed E-state index contributed by atoms with van der Waals surface area (Å²) in [5.74, 6) is -0.522. The molecule has 2 aromatic rings. The van der Waals surface area contributed by atoms with Gasteiger partial charge in [-0.2, -0.15) is 0 Å². The van der Waals surface area contributed by atoms with E-state index in [-0.39, 0.29) is 5.97 Å². The van der Waals surface area contributed by atoms with Crippen LogP contribution in [0.3, 0.4) is 0 Å². The first kappa shape index (κ1) is 19.9. The molecule has 0 saturated heterocycles. The van der Waals surface area contributed by atoms with Crippen LogP contribution in [0.2, 0.25) is 0 Å². The molecule has 0 saturated carbocycles. The van der Waals surface area contributed by atoms with Crippen molar-refractivity contribution in [3.63, 3.8) is 0 Å². The van der Waals surface area contributed by atoms with Gasteiger partial charge in [-0.1, -0.05) is 59.1 Å². The number of halogens is 3. The van der Waals surface area contributed by atoms with Gasteiger partial charge in [0.2, 0.25) is 0 Å². The molecular weight excluding hydrogens is 405 g/mol. The third-order valence-electron chi connectivity index (χ3n) is 3.14. The second-order valence-electron chi connectivity index (χ2n) is 4.93. The van der Waals surface area contributed by atoms with Crippen molar-refractivity contribution in [2.75, 3.05) is 12.4 Å². The number of para-hydroxylation sites is 1. The van der Waals surface area contributed by atoms with Crippen LogP contribution < -0.4 is 5.32 Å². The normalized spacial score (nSPS) is 11.0. The maximum absolute atomic E-state index is 11.8. The van der Waals surface area contributed by atoms with Gasteiger partial charge in [-0.25, -0.2) is 4.79 Å². The molecule has 0 unspecified atom stereocenters. The van der Waals surface area contributed by atoms with E-state index < -0.39 is 9.70 Å². The first-order chi connectivity index (χ1) is 11.8. The molecule has 132 valence electrons. The van der Waals surface area contributed by atoms with Crippen molar-refractivity contribution in [3.05, 3.63) is 59.7 Å². The topological polar surface area (TPSA) is 55.4 Å². The molecule has 0 fully saturated rings. The number of thioether (sulfide) groups is 1. The fourth-order valence-corrected chi connectivity index (χ4v) is 3.05. The van der Waals surface area contributed by atoms with Gasteiger partial charge in [0.15, 0.2) is 0 Å². The van der Waals surface area contributed by atoms with E-state index >= 15 is 0 Å². The average Bonchev–Trinajstić information content (AvgIpc) is 2.59. The molecule has 2 aromatic carbocycles. The predicted molar refractivity (Wildman–Crippen MR) is 103 cm³/mol. The van der Waals surface area contributed by atoms with Crippen LogP contribution in [0.15, 0.2) is 53.4 Å². The number of esters is 1. The second kappa shape index (κ2) is 8.81. The Labute approximate surface area is 164 Å². The molecule has 0 aliphatic rings. The minimum absolute atomic E-state index is 0.387.